The molecule has 1 unspecified atom stereocenters. The molecule has 0 bridgehead atoms. The van der Waals surface area contributed by atoms with E-state index in [1.807, 2.05) is 19.1 Å². The number of alkyl halides is 2. The fraction of sp³-hybridized carbons (Fsp3) is 0.421. The maximum Gasteiger partial charge on any atom is 0.256 e. The second kappa shape index (κ2) is 7.96. The van der Waals surface area contributed by atoms with Gasteiger partial charge in [0.15, 0.2) is 0 Å². The van der Waals surface area contributed by atoms with Crippen molar-refractivity contribution in [1.82, 2.24) is 4.90 Å². The number of nitrogens with zero attached hydrogens (tertiary/aromatic N) is 1. The van der Waals surface area contributed by atoms with Gasteiger partial charge in [0.2, 0.25) is 5.91 Å². The van der Waals surface area contributed by atoms with Gasteiger partial charge in [0, 0.05) is 17.2 Å². The van der Waals surface area contributed by atoms with Crippen LogP contribution in [0.2, 0.25) is 0 Å². The summed E-state index contributed by atoms with van der Waals surface area (Å²) in [6.45, 7) is 5.08. The molecule has 1 heterocycles. The number of ether oxygens (including phenoxy) is 1. The summed E-state index contributed by atoms with van der Waals surface area (Å²) < 4.78 is 31.3. The van der Waals surface area contributed by atoms with Crippen molar-refractivity contribution in [2.45, 2.75) is 33.6 Å². The summed E-state index contributed by atoms with van der Waals surface area (Å²) in [5.41, 5.74) is 2.19. The van der Waals surface area contributed by atoms with Crippen LogP contribution in [0.5, 0.6) is 5.75 Å². The molecule has 24 heavy (non-hydrogen) atoms. The average Bonchev–Trinajstić information content (AvgIpc) is 2.53. The van der Waals surface area contributed by atoms with E-state index in [0.29, 0.717) is 24.5 Å². The Balaban J connectivity index is 2.30. The summed E-state index contributed by atoms with van der Waals surface area (Å²) in [5, 5.41) is 0. The van der Waals surface area contributed by atoms with Gasteiger partial charge in [0.25, 0.3) is 6.43 Å². The minimum Gasteiger partial charge on any atom is -0.481 e. The molecule has 0 radical (unpaired) electrons. The van der Waals surface area contributed by atoms with Crippen LogP contribution in [-0.2, 0) is 4.79 Å². The van der Waals surface area contributed by atoms with E-state index in [1.165, 1.54) is 4.90 Å². The van der Waals surface area contributed by atoms with Gasteiger partial charge >= 0.3 is 0 Å². The van der Waals surface area contributed by atoms with E-state index in [9.17, 15) is 13.6 Å². The maximum atomic E-state index is 12.9. The minimum absolute atomic E-state index is 0.259. The molecule has 128 valence electrons. The van der Waals surface area contributed by atoms with Crippen molar-refractivity contribution in [2.24, 2.45) is 5.92 Å². The number of hydrogen-bond donors (Lipinski definition) is 0. The molecule has 0 N–H and O–H groups in total. The van der Waals surface area contributed by atoms with Gasteiger partial charge in [-0.3, -0.25) is 4.79 Å². The van der Waals surface area contributed by atoms with E-state index in [2.05, 4.69) is 11.8 Å². The lowest BCUT2D eigenvalue weighted by Crippen LogP contribution is -2.39. The van der Waals surface area contributed by atoms with Crippen LogP contribution < -0.4 is 4.74 Å². The van der Waals surface area contributed by atoms with Gasteiger partial charge in [-0.2, -0.15) is 0 Å². The molecule has 3 nitrogen and oxygen atoms in total. The summed E-state index contributed by atoms with van der Waals surface area (Å²) in [6, 6.07) is 5.40. The number of aryl methyl sites for hydroxylation is 1. The molecule has 0 saturated carbocycles. The third-order valence-corrected chi connectivity index (χ3v) is 3.93. The number of allylic oxidation sites excluding steroid dienone is 1. The maximum absolute atomic E-state index is 12.9. The molecular weight excluding hydrogens is 312 g/mol. The van der Waals surface area contributed by atoms with Gasteiger partial charge in [-0.25, -0.2) is 8.78 Å². The standard InChI is InChI=1S/C19H21F2NO2/c1-4-5-10-24-15-7-8-16(14(3)11-15)17-9-6-13(2)19(23)22(17)12-18(20)21/h7-9,11,13,18H,6,10,12H2,1-3H3. The van der Waals surface area contributed by atoms with Crippen LogP contribution in [0.3, 0.4) is 0 Å². The van der Waals surface area contributed by atoms with Crippen LogP contribution in [0.15, 0.2) is 24.3 Å². The van der Waals surface area contributed by atoms with Gasteiger partial charge in [-0.1, -0.05) is 18.9 Å². The first-order chi connectivity index (χ1) is 11.4. The molecule has 1 aromatic carbocycles. The zero-order valence-corrected chi connectivity index (χ0v) is 14.1. The summed E-state index contributed by atoms with van der Waals surface area (Å²) >= 11 is 0. The Labute approximate surface area is 141 Å². The minimum atomic E-state index is -2.57. The molecule has 1 aliphatic rings. The quantitative estimate of drug-likeness (QED) is 0.766. The molecular formula is C19H21F2NO2. The van der Waals surface area contributed by atoms with Gasteiger partial charge < -0.3 is 9.64 Å². The SMILES string of the molecule is CC#CCOc1ccc(C2=CCC(C)C(=O)N2CC(F)F)c(C)c1. The zero-order valence-electron chi connectivity index (χ0n) is 14.1. The molecule has 1 amide bonds. The average molecular weight is 333 g/mol. The Morgan fingerprint density at radius 2 is 2.17 bits per heavy atom. The van der Waals surface area contributed by atoms with E-state index < -0.39 is 13.0 Å². The number of hydrogen-bond acceptors (Lipinski definition) is 2. The monoisotopic (exact) mass is 333 g/mol. The third-order valence-electron chi connectivity index (χ3n) is 3.93. The second-order valence-electron chi connectivity index (χ2n) is 5.76. The van der Waals surface area contributed by atoms with Crippen molar-refractivity contribution in [2.75, 3.05) is 13.2 Å². The topological polar surface area (TPSA) is 29.5 Å². The number of carbonyl (C=O) groups is 1. The molecule has 1 atom stereocenters. The van der Waals surface area contributed by atoms with E-state index in [-0.39, 0.29) is 11.8 Å². The Morgan fingerprint density at radius 3 is 2.79 bits per heavy atom. The number of halogens is 2. The number of amides is 1. The summed E-state index contributed by atoms with van der Waals surface area (Å²) in [6.07, 6.45) is -0.157. The van der Waals surface area contributed by atoms with E-state index in [0.717, 1.165) is 11.1 Å². The smallest absolute Gasteiger partial charge is 0.256 e. The van der Waals surface area contributed by atoms with Gasteiger partial charge in [-0.15, -0.1) is 5.92 Å². The molecule has 0 aromatic heterocycles. The Bertz CT molecular complexity index is 701. The lowest BCUT2D eigenvalue weighted by Gasteiger charge is -2.32. The predicted molar refractivity (Wildman–Crippen MR) is 89.6 cm³/mol. The largest absolute Gasteiger partial charge is 0.481 e. The van der Waals surface area contributed by atoms with Crippen molar-refractivity contribution in [3.8, 4) is 17.6 Å². The number of benzene rings is 1. The van der Waals surface area contributed by atoms with Gasteiger partial charge in [0.1, 0.15) is 12.4 Å². The van der Waals surface area contributed by atoms with Crippen LogP contribution in [-0.4, -0.2) is 30.4 Å². The zero-order chi connectivity index (χ0) is 17.7. The number of rotatable bonds is 5. The van der Waals surface area contributed by atoms with Crippen molar-refractivity contribution >= 4 is 11.6 Å². The van der Waals surface area contributed by atoms with Crippen molar-refractivity contribution in [3.63, 3.8) is 0 Å². The van der Waals surface area contributed by atoms with Crippen LogP contribution in [0.4, 0.5) is 8.78 Å². The van der Waals surface area contributed by atoms with E-state index in [1.54, 1.807) is 26.0 Å². The molecule has 0 fully saturated rings. The Hall–Kier alpha value is -2.35. The molecule has 0 saturated heterocycles. The van der Waals surface area contributed by atoms with Crippen LogP contribution in [0.1, 0.15) is 31.4 Å². The summed E-state index contributed by atoms with van der Waals surface area (Å²) in [7, 11) is 0. The molecule has 0 aliphatic carbocycles. The lowest BCUT2D eigenvalue weighted by atomic mass is 9.95. The van der Waals surface area contributed by atoms with Gasteiger partial charge in [-0.05, 0) is 44.0 Å². The van der Waals surface area contributed by atoms with Crippen LogP contribution in [0, 0.1) is 24.7 Å². The van der Waals surface area contributed by atoms with Crippen molar-refractivity contribution in [3.05, 3.63) is 35.4 Å². The van der Waals surface area contributed by atoms with Gasteiger partial charge in [0.05, 0.1) is 6.54 Å². The molecule has 1 aliphatic heterocycles. The third kappa shape index (κ3) is 4.14. The van der Waals surface area contributed by atoms with Crippen molar-refractivity contribution < 1.29 is 18.3 Å². The number of carbonyl (C=O) groups excluding carboxylic acids is 1. The van der Waals surface area contributed by atoms with Crippen LogP contribution in [0.25, 0.3) is 5.70 Å². The first-order valence-corrected chi connectivity index (χ1v) is 7.87. The normalized spacial score (nSPS) is 17.4. The fourth-order valence-electron chi connectivity index (χ4n) is 2.67. The first kappa shape index (κ1) is 18.0. The highest BCUT2D eigenvalue weighted by molar-refractivity contribution is 5.91. The lowest BCUT2D eigenvalue weighted by molar-refractivity contribution is -0.133. The Kier molecular flexibility index (Phi) is 5.97. The first-order valence-electron chi connectivity index (χ1n) is 7.87. The van der Waals surface area contributed by atoms with Crippen LogP contribution >= 0.6 is 0 Å². The Morgan fingerprint density at radius 1 is 1.42 bits per heavy atom. The predicted octanol–water partition coefficient (Wildman–Crippen LogP) is 3.87. The molecule has 5 heteroatoms. The molecule has 0 spiro atoms. The second-order valence-corrected chi connectivity index (χ2v) is 5.76. The van der Waals surface area contributed by atoms with E-state index in [4.69, 9.17) is 4.74 Å². The molecule has 1 aromatic rings. The summed E-state index contributed by atoms with van der Waals surface area (Å²) in [5.74, 6) is 5.69. The highest BCUT2D eigenvalue weighted by atomic mass is 19.3. The highest BCUT2D eigenvalue weighted by Gasteiger charge is 2.30. The molecule has 2 rings (SSSR count). The summed E-state index contributed by atoms with van der Waals surface area (Å²) in [4.78, 5) is 13.5. The van der Waals surface area contributed by atoms with E-state index >= 15 is 0 Å². The fourth-order valence-corrected chi connectivity index (χ4v) is 2.67. The highest BCUT2D eigenvalue weighted by Crippen LogP contribution is 2.32. The van der Waals surface area contributed by atoms with Crippen molar-refractivity contribution in [1.29, 1.82) is 0 Å².